The number of thioether (sulfide) groups is 1. The molecule has 28 heavy (non-hydrogen) atoms. The largest absolute Gasteiger partial charge is 0.378 e. The Labute approximate surface area is 169 Å². The zero-order valence-corrected chi connectivity index (χ0v) is 17.2. The van der Waals surface area contributed by atoms with Gasteiger partial charge in [-0.2, -0.15) is 5.26 Å². The van der Waals surface area contributed by atoms with Gasteiger partial charge >= 0.3 is 0 Å². The van der Waals surface area contributed by atoms with Gasteiger partial charge in [-0.1, -0.05) is 23.9 Å². The van der Waals surface area contributed by atoms with Crippen molar-refractivity contribution in [3.8, 4) is 6.07 Å². The summed E-state index contributed by atoms with van der Waals surface area (Å²) in [6.45, 7) is 4.01. The summed E-state index contributed by atoms with van der Waals surface area (Å²) in [7, 11) is 3.94. The number of aromatic nitrogens is 1. The molecule has 1 N–H and O–H groups in total. The summed E-state index contributed by atoms with van der Waals surface area (Å²) in [5.41, 5.74) is 5.32. The molecule has 142 valence electrons. The quantitative estimate of drug-likeness (QED) is 0.649. The third kappa shape index (κ3) is 4.26. The topological polar surface area (TPSA) is 69.0 Å². The van der Waals surface area contributed by atoms with Crippen molar-refractivity contribution in [2.45, 2.75) is 18.9 Å². The third-order valence-electron chi connectivity index (χ3n) is 4.50. The summed E-state index contributed by atoms with van der Waals surface area (Å²) >= 11 is 1.28. The van der Waals surface area contributed by atoms with E-state index in [1.165, 1.54) is 11.8 Å². The highest BCUT2D eigenvalue weighted by molar-refractivity contribution is 8.00. The number of hydrogen-bond donors (Lipinski definition) is 1. The van der Waals surface area contributed by atoms with Crippen molar-refractivity contribution in [1.82, 2.24) is 4.98 Å². The first kappa shape index (κ1) is 19.7. The maximum Gasteiger partial charge on any atom is 0.234 e. The van der Waals surface area contributed by atoms with Gasteiger partial charge in [0.1, 0.15) is 11.1 Å². The van der Waals surface area contributed by atoms with Gasteiger partial charge in [0.15, 0.2) is 0 Å². The molecule has 0 fully saturated rings. The Kier molecular flexibility index (Phi) is 5.86. The average Bonchev–Trinajstić information content (AvgIpc) is 2.69. The molecule has 3 rings (SSSR count). The lowest BCUT2D eigenvalue weighted by Gasteiger charge is -2.13. The maximum absolute atomic E-state index is 12.3. The summed E-state index contributed by atoms with van der Waals surface area (Å²) in [4.78, 5) is 19.0. The molecule has 0 atom stereocenters. The smallest absolute Gasteiger partial charge is 0.234 e. The summed E-state index contributed by atoms with van der Waals surface area (Å²) < 4.78 is 0. The van der Waals surface area contributed by atoms with Crippen LogP contribution in [0.5, 0.6) is 0 Å². The van der Waals surface area contributed by atoms with Gasteiger partial charge in [0.2, 0.25) is 5.91 Å². The van der Waals surface area contributed by atoms with Crippen LogP contribution in [0.2, 0.25) is 0 Å². The highest BCUT2D eigenvalue weighted by Crippen LogP contribution is 2.28. The maximum atomic E-state index is 12.3. The number of anilines is 2. The Morgan fingerprint density at radius 3 is 2.46 bits per heavy atom. The van der Waals surface area contributed by atoms with E-state index in [0.29, 0.717) is 10.6 Å². The highest BCUT2D eigenvalue weighted by Gasteiger charge is 2.13. The van der Waals surface area contributed by atoms with Crippen LogP contribution in [0.15, 0.2) is 47.5 Å². The summed E-state index contributed by atoms with van der Waals surface area (Å²) in [5, 5.41) is 13.9. The Balaban J connectivity index is 1.74. The number of fused-ring (bicyclic) bond motifs is 1. The van der Waals surface area contributed by atoms with E-state index in [9.17, 15) is 10.1 Å². The SMILES string of the molecule is Cc1ccc(C)c2nc(SCC(=O)Nc3ccc(N(C)C)cc3)c(C#N)cc12. The number of nitrogens with zero attached hydrogens (tertiary/aromatic N) is 3. The van der Waals surface area contributed by atoms with Crippen LogP contribution in [0.25, 0.3) is 10.9 Å². The van der Waals surface area contributed by atoms with E-state index >= 15 is 0 Å². The second-order valence-electron chi connectivity index (χ2n) is 6.83. The highest BCUT2D eigenvalue weighted by atomic mass is 32.2. The predicted octanol–water partition coefficient (Wildman–Crippen LogP) is 4.52. The number of nitrogens with one attached hydrogen (secondary N) is 1. The normalized spacial score (nSPS) is 10.5. The van der Waals surface area contributed by atoms with Crippen molar-refractivity contribution >= 4 is 39.9 Å². The Morgan fingerprint density at radius 2 is 1.82 bits per heavy atom. The van der Waals surface area contributed by atoms with Crippen molar-refractivity contribution in [2.75, 3.05) is 30.1 Å². The van der Waals surface area contributed by atoms with Crippen LogP contribution < -0.4 is 10.2 Å². The molecule has 0 aliphatic carbocycles. The van der Waals surface area contributed by atoms with Gasteiger partial charge < -0.3 is 10.2 Å². The molecule has 0 spiro atoms. The van der Waals surface area contributed by atoms with Gasteiger partial charge in [0, 0.05) is 30.9 Å². The number of pyridine rings is 1. The second-order valence-corrected chi connectivity index (χ2v) is 7.79. The predicted molar refractivity (Wildman–Crippen MR) is 116 cm³/mol. The number of carbonyl (C=O) groups is 1. The fourth-order valence-electron chi connectivity index (χ4n) is 2.88. The van der Waals surface area contributed by atoms with Crippen molar-refractivity contribution < 1.29 is 4.79 Å². The van der Waals surface area contributed by atoms with Crippen LogP contribution >= 0.6 is 11.8 Å². The minimum absolute atomic E-state index is 0.130. The monoisotopic (exact) mass is 390 g/mol. The third-order valence-corrected chi connectivity index (χ3v) is 5.49. The van der Waals surface area contributed by atoms with E-state index in [-0.39, 0.29) is 11.7 Å². The van der Waals surface area contributed by atoms with Crippen molar-refractivity contribution in [3.05, 3.63) is 59.2 Å². The molecule has 0 radical (unpaired) electrons. The molecule has 0 unspecified atom stereocenters. The number of hydrogen-bond acceptors (Lipinski definition) is 5. The molecule has 5 nitrogen and oxygen atoms in total. The molecule has 0 saturated carbocycles. The lowest BCUT2D eigenvalue weighted by molar-refractivity contribution is -0.113. The zero-order valence-electron chi connectivity index (χ0n) is 16.4. The lowest BCUT2D eigenvalue weighted by atomic mass is 10.0. The summed E-state index contributed by atoms with van der Waals surface area (Å²) in [5.74, 6) is 0.0578. The molecule has 0 bridgehead atoms. The molecule has 1 amide bonds. The van der Waals surface area contributed by atoms with E-state index < -0.39 is 0 Å². The first-order chi connectivity index (χ1) is 13.4. The van der Waals surface area contributed by atoms with Gasteiger partial charge in [-0.3, -0.25) is 4.79 Å². The number of amides is 1. The van der Waals surface area contributed by atoms with Crippen LogP contribution in [0.3, 0.4) is 0 Å². The number of nitriles is 1. The van der Waals surface area contributed by atoms with Crippen molar-refractivity contribution in [2.24, 2.45) is 0 Å². The molecule has 1 aromatic heterocycles. The zero-order chi connectivity index (χ0) is 20.3. The van der Waals surface area contributed by atoms with E-state index in [4.69, 9.17) is 0 Å². The average molecular weight is 391 g/mol. The molecule has 2 aromatic carbocycles. The van der Waals surface area contributed by atoms with Crippen LogP contribution in [0.4, 0.5) is 11.4 Å². The Morgan fingerprint density at radius 1 is 1.14 bits per heavy atom. The van der Waals surface area contributed by atoms with E-state index in [1.54, 1.807) is 0 Å². The van der Waals surface area contributed by atoms with Gasteiger partial charge in [-0.15, -0.1) is 0 Å². The van der Waals surface area contributed by atoms with Crippen LogP contribution in [-0.2, 0) is 4.79 Å². The molecule has 0 aliphatic heterocycles. The second kappa shape index (κ2) is 8.32. The number of carbonyl (C=O) groups excluding carboxylic acids is 1. The minimum atomic E-state index is -0.130. The summed E-state index contributed by atoms with van der Waals surface area (Å²) in [6, 6.07) is 15.8. The first-order valence-corrected chi connectivity index (χ1v) is 9.88. The van der Waals surface area contributed by atoms with Gasteiger partial charge in [0.25, 0.3) is 0 Å². The van der Waals surface area contributed by atoms with Crippen LogP contribution in [-0.4, -0.2) is 30.7 Å². The van der Waals surface area contributed by atoms with Crippen molar-refractivity contribution in [3.63, 3.8) is 0 Å². The standard InChI is InChI=1S/C22H22N4OS/c1-14-5-6-15(2)21-19(14)11-16(12-23)22(25-21)28-13-20(27)24-17-7-9-18(10-8-17)26(3)4/h5-11H,13H2,1-4H3,(H,24,27). The van der Waals surface area contributed by atoms with Crippen LogP contribution in [0.1, 0.15) is 16.7 Å². The number of benzene rings is 2. The van der Waals surface area contributed by atoms with E-state index in [2.05, 4.69) is 16.4 Å². The first-order valence-electron chi connectivity index (χ1n) is 8.90. The Bertz CT molecular complexity index is 1070. The van der Waals surface area contributed by atoms with Crippen LogP contribution in [0, 0.1) is 25.2 Å². The van der Waals surface area contributed by atoms with Gasteiger partial charge in [-0.25, -0.2) is 4.98 Å². The summed E-state index contributed by atoms with van der Waals surface area (Å²) in [6.07, 6.45) is 0. The molecular weight excluding hydrogens is 368 g/mol. The fraction of sp³-hybridized carbons (Fsp3) is 0.227. The van der Waals surface area contributed by atoms with E-state index in [1.807, 2.05) is 75.3 Å². The molecular formula is C22H22N4OS. The van der Waals surface area contributed by atoms with Crippen molar-refractivity contribution in [1.29, 1.82) is 5.26 Å². The fourth-order valence-corrected chi connectivity index (χ4v) is 3.64. The lowest BCUT2D eigenvalue weighted by Crippen LogP contribution is -2.14. The van der Waals surface area contributed by atoms with Gasteiger partial charge in [-0.05, 0) is 55.3 Å². The molecule has 6 heteroatoms. The molecule has 1 heterocycles. The number of aryl methyl sites for hydroxylation is 2. The molecule has 3 aromatic rings. The molecule has 0 saturated heterocycles. The van der Waals surface area contributed by atoms with Gasteiger partial charge in [0.05, 0.1) is 16.8 Å². The minimum Gasteiger partial charge on any atom is -0.378 e. The molecule has 0 aliphatic rings. The van der Waals surface area contributed by atoms with E-state index in [0.717, 1.165) is 33.4 Å². The number of rotatable bonds is 5. The Hall–Kier alpha value is -3.04.